The summed E-state index contributed by atoms with van der Waals surface area (Å²) >= 11 is 0. The van der Waals surface area contributed by atoms with Crippen LogP contribution in [0.15, 0.2) is 47.7 Å². The Morgan fingerprint density at radius 2 is 1.77 bits per heavy atom. The summed E-state index contributed by atoms with van der Waals surface area (Å²) < 4.78 is 1.92. The molecule has 0 amide bonds. The van der Waals surface area contributed by atoms with Gasteiger partial charge in [0.2, 0.25) is 0 Å². The molecule has 0 saturated carbocycles. The maximum atomic E-state index is 4.68. The average molecular weight is 413 g/mol. The summed E-state index contributed by atoms with van der Waals surface area (Å²) in [5.41, 5.74) is 2.45. The normalized spacial score (nSPS) is 9.82. The van der Waals surface area contributed by atoms with Crippen LogP contribution in [0.5, 0.6) is 0 Å². The van der Waals surface area contributed by atoms with Gasteiger partial charge in [0.25, 0.3) is 0 Å². The molecule has 2 rings (SSSR count). The van der Waals surface area contributed by atoms with Crippen LogP contribution >= 0.6 is 24.0 Å². The first-order valence-corrected chi connectivity index (χ1v) is 7.00. The molecule has 0 atom stereocenters. The topological polar surface area (TPSA) is 36.7 Å². The summed E-state index contributed by atoms with van der Waals surface area (Å²) in [4.78, 5) is 8.72. The van der Waals surface area contributed by atoms with Gasteiger partial charge in [-0.3, -0.25) is 4.68 Å². The predicted octanol–water partition coefficient (Wildman–Crippen LogP) is 2.53. The maximum absolute atomic E-state index is 4.68. The molecule has 0 spiro atoms. The highest BCUT2D eigenvalue weighted by Crippen LogP contribution is 2.08. The standard InChI is InChI=1S/C16H23N5.HI/c1-19(2)16(20(3)4)17-12-14-7-5-8-15(11-14)13-21-10-6-9-18-21;/h5-11H,12-13H2,1-4H3;1H. The number of hydrogen-bond donors (Lipinski definition) is 0. The van der Waals surface area contributed by atoms with Crippen molar-refractivity contribution in [2.45, 2.75) is 13.1 Å². The van der Waals surface area contributed by atoms with Gasteiger partial charge in [-0.05, 0) is 17.2 Å². The highest BCUT2D eigenvalue weighted by molar-refractivity contribution is 14.0. The molecule has 0 unspecified atom stereocenters. The van der Waals surface area contributed by atoms with Crippen molar-refractivity contribution >= 4 is 29.9 Å². The van der Waals surface area contributed by atoms with E-state index in [1.807, 2.05) is 54.9 Å². The Labute approximate surface area is 149 Å². The molecule has 1 aromatic heterocycles. The molecule has 0 aliphatic carbocycles. The Kier molecular flexibility index (Phi) is 7.37. The molecular formula is C16H24IN5. The lowest BCUT2D eigenvalue weighted by Gasteiger charge is -2.22. The van der Waals surface area contributed by atoms with Gasteiger partial charge < -0.3 is 9.80 Å². The largest absolute Gasteiger partial charge is 0.349 e. The number of halogens is 1. The summed E-state index contributed by atoms with van der Waals surface area (Å²) in [6.45, 7) is 1.47. The van der Waals surface area contributed by atoms with E-state index in [2.05, 4.69) is 34.4 Å². The van der Waals surface area contributed by atoms with Crippen LogP contribution in [-0.4, -0.2) is 53.7 Å². The summed E-state index contributed by atoms with van der Waals surface area (Å²) in [5.74, 6) is 0.965. The fourth-order valence-electron chi connectivity index (χ4n) is 2.25. The van der Waals surface area contributed by atoms with Crippen LogP contribution < -0.4 is 0 Å². The molecule has 0 radical (unpaired) electrons. The summed E-state index contributed by atoms with van der Waals surface area (Å²) in [6.07, 6.45) is 3.77. The van der Waals surface area contributed by atoms with Gasteiger partial charge in [0.15, 0.2) is 5.96 Å². The highest BCUT2D eigenvalue weighted by Gasteiger charge is 2.04. The van der Waals surface area contributed by atoms with Gasteiger partial charge in [-0.2, -0.15) is 5.10 Å². The smallest absolute Gasteiger partial charge is 0.195 e. The van der Waals surface area contributed by atoms with Crippen molar-refractivity contribution in [2.75, 3.05) is 28.2 Å². The van der Waals surface area contributed by atoms with E-state index >= 15 is 0 Å². The van der Waals surface area contributed by atoms with Gasteiger partial charge in [-0.1, -0.05) is 24.3 Å². The van der Waals surface area contributed by atoms with Crippen LogP contribution in [0.4, 0.5) is 0 Å². The third kappa shape index (κ3) is 5.32. The molecule has 22 heavy (non-hydrogen) atoms. The zero-order valence-electron chi connectivity index (χ0n) is 13.6. The second-order valence-electron chi connectivity index (χ2n) is 5.43. The lowest BCUT2D eigenvalue weighted by atomic mass is 10.1. The van der Waals surface area contributed by atoms with Crippen molar-refractivity contribution in [1.82, 2.24) is 19.6 Å². The van der Waals surface area contributed by atoms with Crippen LogP contribution in [0.3, 0.4) is 0 Å². The summed E-state index contributed by atoms with van der Waals surface area (Å²) in [6, 6.07) is 10.4. The molecule has 1 heterocycles. The third-order valence-electron chi connectivity index (χ3n) is 3.10. The van der Waals surface area contributed by atoms with Crippen LogP contribution in [-0.2, 0) is 13.1 Å². The van der Waals surface area contributed by atoms with Gasteiger partial charge in [0, 0.05) is 40.6 Å². The Balaban J connectivity index is 0.00000242. The molecule has 0 aliphatic rings. The van der Waals surface area contributed by atoms with E-state index in [-0.39, 0.29) is 24.0 Å². The first kappa shape index (κ1) is 18.5. The lowest BCUT2D eigenvalue weighted by Crippen LogP contribution is -2.35. The van der Waals surface area contributed by atoms with Gasteiger partial charge in [-0.25, -0.2) is 4.99 Å². The van der Waals surface area contributed by atoms with Crippen LogP contribution in [0.1, 0.15) is 11.1 Å². The quantitative estimate of drug-likeness (QED) is 0.439. The molecule has 0 N–H and O–H groups in total. The Morgan fingerprint density at radius 3 is 2.36 bits per heavy atom. The van der Waals surface area contributed by atoms with E-state index in [1.54, 1.807) is 6.20 Å². The van der Waals surface area contributed by atoms with Crippen molar-refractivity contribution < 1.29 is 0 Å². The Morgan fingerprint density at radius 1 is 1.09 bits per heavy atom. The first-order valence-electron chi connectivity index (χ1n) is 7.00. The second kappa shape index (κ2) is 8.77. The van der Waals surface area contributed by atoms with E-state index in [0.29, 0.717) is 6.54 Å². The van der Waals surface area contributed by atoms with Gasteiger partial charge in [0.1, 0.15) is 0 Å². The van der Waals surface area contributed by atoms with Gasteiger partial charge >= 0.3 is 0 Å². The molecule has 0 fully saturated rings. The molecule has 0 bridgehead atoms. The number of rotatable bonds is 4. The SMILES string of the molecule is CN(C)C(=NCc1cccc(Cn2cccn2)c1)N(C)C.I. The van der Waals surface area contributed by atoms with E-state index in [9.17, 15) is 0 Å². The van der Waals surface area contributed by atoms with E-state index in [0.717, 1.165) is 12.5 Å². The van der Waals surface area contributed by atoms with Crippen molar-refractivity contribution in [3.8, 4) is 0 Å². The fraction of sp³-hybridized carbons (Fsp3) is 0.375. The van der Waals surface area contributed by atoms with E-state index in [1.165, 1.54) is 11.1 Å². The zero-order chi connectivity index (χ0) is 15.2. The molecule has 2 aromatic rings. The molecule has 0 aliphatic heterocycles. The highest BCUT2D eigenvalue weighted by atomic mass is 127. The van der Waals surface area contributed by atoms with E-state index in [4.69, 9.17) is 0 Å². The number of nitrogens with zero attached hydrogens (tertiary/aromatic N) is 5. The Bertz CT molecular complexity index is 580. The van der Waals surface area contributed by atoms with Gasteiger partial charge in [-0.15, -0.1) is 24.0 Å². The van der Waals surface area contributed by atoms with Crippen LogP contribution in [0.25, 0.3) is 0 Å². The van der Waals surface area contributed by atoms with Crippen molar-refractivity contribution in [3.05, 3.63) is 53.9 Å². The average Bonchev–Trinajstić information content (AvgIpc) is 2.91. The molecule has 0 saturated heterocycles. The van der Waals surface area contributed by atoms with E-state index < -0.39 is 0 Å². The zero-order valence-corrected chi connectivity index (χ0v) is 15.9. The Hall–Kier alpha value is -1.57. The third-order valence-corrected chi connectivity index (χ3v) is 3.10. The number of aromatic nitrogens is 2. The lowest BCUT2D eigenvalue weighted by molar-refractivity contribution is 0.479. The summed E-state index contributed by atoms with van der Waals surface area (Å²) in [7, 11) is 8.03. The van der Waals surface area contributed by atoms with Crippen molar-refractivity contribution in [1.29, 1.82) is 0 Å². The minimum atomic E-state index is 0. The molecule has 120 valence electrons. The number of benzene rings is 1. The predicted molar refractivity (Wildman–Crippen MR) is 102 cm³/mol. The van der Waals surface area contributed by atoms with Crippen LogP contribution in [0, 0.1) is 0 Å². The molecule has 1 aromatic carbocycles. The fourth-order valence-corrected chi connectivity index (χ4v) is 2.25. The first-order chi connectivity index (χ1) is 10.1. The van der Waals surface area contributed by atoms with Crippen molar-refractivity contribution in [3.63, 3.8) is 0 Å². The maximum Gasteiger partial charge on any atom is 0.195 e. The molecule has 6 heteroatoms. The minimum absolute atomic E-state index is 0. The summed E-state index contributed by atoms with van der Waals surface area (Å²) in [5, 5.41) is 4.24. The minimum Gasteiger partial charge on any atom is -0.349 e. The number of hydrogen-bond acceptors (Lipinski definition) is 2. The monoisotopic (exact) mass is 413 g/mol. The molecular weight excluding hydrogens is 389 g/mol. The number of aliphatic imine (C=N–C) groups is 1. The second-order valence-corrected chi connectivity index (χ2v) is 5.43. The van der Waals surface area contributed by atoms with Crippen LogP contribution in [0.2, 0.25) is 0 Å². The number of guanidine groups is 1. The molecule has 5 nitrogen and oxygen atoms in total. The van der Waals surface area contributed by atoms with Gasteiger partial charge in [0.05, 0.1) is 13.1 Å². The van der Waals surface area contributed by atoms with Crippen molar-refractivity contribution in [2.24, 2.45) is 4.99 Å².